The molecule has 0 bridgehead atoms. The number of aromatic amines is 1. The molecule has 0 aliphatic carbocycles. The standard InChI is InChI=1S/C13H20N2O.C10H18N4O.3C9H20N2O.2C7H16N2O2.3C7H16N2OS.2C7H16N2O.C4H11N/c1-2-3-9-15-13(16)12(14)10-11-7-5-4-6-8-11;1-2-3-4-13-10(15)9(11)5-8-6-12-7-14-8;3*1-4-5-6-11-9(12)8(10)7(2)3;2*1-2-3-4-9-7(11)6(8)5-10;3*1-2-3-4-9-7(10)6(8)5-11;2*1-3-4-5-9-7(10)6(2)8;1-2-3-4-5/h4-8,12H,2-3,9-10,14H2,1H3,(H,15,16);6-7,9H,2-5,11H2,1H3,(H,12,14)(H,13,15);3*7-8H,4-6,10H2,1-3H3,(H,11,12);2*6,10H,2-5,8H2,1H3,(H,9,11);3*6,11H,2-5,8H2,1H3,(H,9,10);2*6H,3-5,8H2,1-2H3,(H,9,10);2-5H2,1H3/t12-;9-;3*8-;7*6-;/m000000000000./s1/i15+1;13+1;11+1,12+2;12+2;11+1;11+2;9+1;9+1,10+2;7+1,9+1;9+1;10+2;9+1;5+1. The zero-order valence-electron chi connectivity index (χ0n) is 94.8. The molecule has 0 saturated heterocycles. The highest BCUT2D eigenvalue weighted by Gasteiger charge is 2.21. The van der Waals surface area contributed by atoms with Gasteiger partial charge >= 0.3 is 0 Å². The van der Waals surface area contributed by atoms with Crippen LogP contribution in [0.1, 0.15) is 324 Å². The van der Waals surface area contributed by atoms with Crippen LogP contribution >= 0.6 is 37.9 Å². The van der Waals surface area contributed by atoms with E-state index in [1.54, 1.807) is 26.4 Å². The van der Waals surface area contributed by atoms with Crippen molar-refractivity contribution in [3.8, 4) is 0 Å². The molecule has 0 fully saturated rings. The molecule has 41 N–H and O–H groups in total. The lowest BCUT2D eigenvalue weighted by atomic mass is 10.1. The highest BCUT2D eigenvalue weighted by atomic mass is 32.1. The number of hydrogen-bond donors (Lipinski definition) is 31. The lowest BCUT2D eigenvalue weighted by Crippen LogP contribution is -2.44. The minimum atomic E-state index is -0.771. The van der Waals surface area contributed by atoms with E-state index in [2.05, 4.69) is 188 Å². The fourth-order valence-corrected chi connectivity index (χ4v) is 9.96. The molecular formula is C103H221N27O14S3. The molecule has 870 valence electrons. The Morgan fingerprint density at radius 2 is 0.544 bits per heavy atom. The first kappa shape index (κ1) is 162. The first-order valence-electron chi connectivity index (χ1n) is 53.8. The van der Waals surface area contributed by atoms with Crippen LogP contribution < -0.4 is 138 Å². The number of carbonyl (C=O) groups excluding carboxylic acids is 12. The number of nitrogens with one attached hydrogen (secondary N) is 13. The summed E-state index contributed by atoms with van der Waals surface area (Å²) in [5.41, 5.74) is 72.9. The Hall–Kier alpha value is -7.48. The van der Waals surface area contributed by atoms with Gasteiger partial charge in [0.25, 0.3) is 0 Å². The van der Waals surface area contributed by atoms with Gasteiger partial charge in [-0.25, -0.2) is 4.98 Å². The van der Waals surface area contributed by atoms with Crippen LogP contribution in [0.3, 0.4) is 0 Å². The molecule has 1 aromatic heterocycles. The van der Waals surface area contributed by atoms with Crippen LogP contribution in [0.4, 0.5) is 0 Å². The van der Waals surface area contributed by atoms with Gasteiger partial charge in [0.15, 0.2) is 0 Å². The van der Waals surface area contributed by atoms with Crippen molar-refractivity contribution in [1.29, 1.82) is 0 Å². The average molecular weight is 2180 g/mol. The quantitative estimate of drug-likeness (QED) is 0.0142. The Kier molecular flexibility index (Phi) is 135. The summed E-state index contributed by atoms with van der Waals surface area (Å²) >= 11 is 11.7. The van der Waals surface area contributed by atoms with Gasteiger partial charge in [0.2, 0.25) is 70.9 Å². The van der Waals surface area contributed by atoms with E-state index in [1.165, 1.54) is 12.8 Å². The van der Waals surface area contributed by atoms with E-state index in [4.69, 9.17) is 84.8 Å². The van der Waals surface area contributed by atoms with Gasteiger partial charge in [-0.15, -0.1) is 0 Å². The van der Waals surface area contributed by atoms with E-state index in [0.717, 1.165) is 231 Å². The van der Waals surface area contributed by atoms with Crippen LogP contribution in [0.25, 0.3) is 0 Å². The van der Waals surface area contributed by atoms with E-state index in [-0.39, 0.29) is 132 Å². The molecule has 1 heterocycles. The molecule has 0 saturated carbocycles. The number of carbonyl (C=O) groups is 12. The molecule has 0 spiro atoms. The van der Waals surface area contributed by atoms with Crippen molar-refractivity contribution in [3.05, 3.63) is 54.1 Å². The Balaban J connectivity index is -0.000000152. The minimum absolute atomic E-state index is 0.0292. The topological polar surface area (TPSA) is 757 Å². The molecule has 0 unspecified atom stereocenters. The lowest BCUT2D eigenvalue weighted by Gasteiger charge is -2.14. The van der Waals surface area contributed by atoms with E-state index in [1.807, 2.05) is 85.7 Å². The van der Waals surface area contributed by atoms with Crippen molar-refractivity contribution in [2.75, 3.05) is 116 Å². The summed E-state index contributed by atoms with van der Waals surface area (Å²) in [5.74, 6) is 0.614. The first-order chi connectivity index (χ1) is 69.6. The third kappa shape index (κ3) is 119. The van der Waals surface area contributed by atoms with E-state index >= 15 is 0 Å². The summed E-state index contributed by atoms with van der Waals surface area (Å²) in [6.07, 6.45) is 31.7. The third-order valence-corrected chi connectivity index (χ3v) is 21.2. The number of aliphatic hydroxyl groups is 2. The lowest BCUT2D eigenvalue weighted by molar-refractivity contribution is -0.124. The Labute approximate surface area is 904 Å². The second-order valence-corrected chi connectivity index (χ2v) is 37.0. The number of aromatic nitrogens is 2. The van der Waals surface area contributed by atoms with Crippen molar-refractivity contribution in [2.24, 2.45) is 92.3 Å². The number of unbranched alkanes of at least 4 members (excludes halogenated alkanes) is 13. The number of benzene rings is 1. The van der Waals surface area contributed by atoms with Crippen molar-refractivity contribution >= 4 is 109 Å². The molecular weight excluding hydrogens is 1960 g/mol. The third-order valence-electron chi connectivity index (χ3n) is 20.0. The monoisotopic (exact) mass is 2180 g/mol. The maximum absolute atomic E-state index is 11.6. The van der Waals surface area contributed by atoms with Crippen LogP contribution in [0.15, 0.2) is 42.9 Å². The van der Waals surface area contributed by atoms with Crippen LogP contribution in [-0.4, -0.2) is 279 Å². The highest BCUT2D eigenvalue weighted by Crippen LogP contribution is 2.05. The molecule has 44 heteroatoms. The van der Waals surface area contributed by atoms with E-state index < -0.39 is 42.3 Å². The van der Waals surface area contributed by atoms with Gasteiger partial charge in [-0.2, -0.15) is 37.9 Å². The molecule has 0 radical (unpaired) electrons. The van der Waals surface area contributed by atoms with E-state index in [0.29, 0.717) is 49.7 Å². The summed E-state index contributed by atoms with van der Waals surface area (Å²) in [7, 11) is 0. The number of aliphatic hydroxyl groups excluding tert-OH is 2. The van der Waals surface area contributed by atoms with Crippen molar-refractivity contribution in [3.63, 3.8) is 0 Å². The Morgan fingerprint density at radius 3 is 0.782 bits per heavy atom. The normalized spacial score (nSPS) is 12.5. The molecule has 1 aromatic carbocycles. The number of amides is 12. The van der Waals surface area contributed by atoms with Gasteiger partial charge in [0.1, 0.15) is 12.1 Å². The smallest absolute Gasteiger partial charge is 0.239 e. The average Bonchev–Trinajstić information content (AvgIpc) is 1.20. The van der Waals surface area contributed by atoms with Crippen molar-refractivity contribution in [2.45, 2.75) is 398 Å². The van der Waals surface area contributed by atoms with Crippen LogP contribution in [0, 0.1) is 17.8 Å². The van der Waals surface area contributed by atoms with Crippen LogP contribution in [-0.2, 0) is 70.4 Å². The molecule has 41 nitrogen and oxygen atoms in total. The number of nitrogens with two attached hydrogens (primary N) is 13. The maximum Gasteiger partial charge on any atom is 0.239 e. The maximum atomic E-state index is 11.6. The van der Waals surface area contributed by atoms with Crippen LogP contribution in [0.5, 0.6) is 0 Å². The van der Waals surface area contributed by atoms with Crippen molar-refractivity contribution in [1.82, 2.24) is 73.8 Å². The predicted molar refractivity (Wildman–Crippen MR) is 619 cm³/mol. The highest BCUT2D eigenvalue weighted by molar-refractivity contribution is 7.80. The molecule has 12 amide bonds. The summed E-state index contributed by atoms with van der Waals surface area (Å²) < 4.78 is 0. The van der Waals surface area contributed by atoms with Gasteiger partial charge in [0, 0.05) is 114 Å². The fraction of sp³-hybridized carbons (Fsp3) is 0.796. The number of imidazole rings is 1. The summed E-state index contributed by atoms with van der Waals surface area (Å²) in [6, 6.07) is 4.13. The minimum Gasteiger partial charge on any atom is -0.394 e. The zero-order valence-corrected chi connectivity index (χ0v) is 97.5. The summed E-state index contributed by atoms with van der Waals surface area (Å²) in [6.45, 7) is 50.9. The second kappa shape index (κ2) is 122. The van der Waals surface area contributed by atoms with E-state index in [9.17, 15) is 57.5 Å². The second-order valence-electron chi connectivity index (χ2n) is 35.9. The predicted octanol–water partition coefficient (Wildman–Crippen LogP) is 4.50. The molecule has 0 aliphatic rings. The fourth-order valence-electron chi connectivity index (χ4n) is 9.47. The molecule has 2 aromatic rings. The summed E-state index contributed by atoms with van der Waals surface area (Å²) in [4.78, 5) is 140. The van der Waals surface area contributed by atoms with Gasteiger partial charge in [0.05, 0.1) is 80.0 Å². The number of rotatable bonds is 62. The number of thiol groups is 3. The Morgan fingerprint density at radius 1 is 0.299 bits per heavy atom. The molecule has 2 rings (SSSR count). The molecule has 12 atom stereocenters. The molecule has 0 aliphatic heterocycles. The largest absolute Gasteiger partial charge is 0.394 e. The van der Waals surface area contributed by atoms with Crippen molar-refractivity contribution < 1.29 is 67.7 Å². The number of H-pyrrole nitrogens is 1. The first-order valence-corrected chi connectivity index (χ1v) is 55.7. The van der Waals surface area contributed by atoms with Gasteiger partial charge < -0.3 is 154 Å². The Bertz CT molecular complexity index is 3040. The number of hydrogen-bond acceptors (Lipinski definition) is 31. The molecule has 147 heavy (non-hydrogen) atoms. The van der Waals surface area contributed by atoms with Gasteiger partial charge in [-0.05, 0) is 134 Å². The van der Waals surface area contributed by atoms with Gasteiger partial charge in [-0.1, -0.05) is 245 Å². The van der Waals surface area contributed by atoms with Gasteiger partial charge in [-0.3, -0.25) is 57.5 Å². The summed E-state index contributed by atoms with van der Waals surface area (Å²) in [5, 5.41) is 49.8. The zero-order chi connectivity index (χ0) is 115. The SMILES string of the molecule is CCCCNC(=[18O])[C@@H](N)C(C)C.CCCCNC(=[18O])[C@@H](N)CO.CCCCNC(=[18O])[C@H](C)N.CCCC[15NH2].CCCC[15NH]C(=O)[C@@H](N)C(C)C.CCCC[15NH]C(=O)[C@@H](N)CO.CCCC[15NH]C(=O)[C@@H](N)CS.CCCC[15NH]C(=O)[C@@H](N)Cc1ccccc1.CCCC[15NH]C(=O)[C@@H](N)Cc1cnc[nH]1.CCCC[15NH]C(=O)[C@H](C)N.CCCC[15NH]C(=[18O])[C@@H](N)C(C)C.CCCC[15NH]C(=[18O])[C@@H](N)CS.CCCC[15NH][13C](=O)[C@@H](N)CS. The van der Waals surface area contributed by atoms with Crippen LogP contribution in [0.2, 0.25) is 0 Å². The number of nitrogens with zero attached hydrogens (tertiary/aromatic N) is 1.